The summed E-state index contributed by atoms with van der Waals surface area (Å²) in [7, 11) is 4.13. The zero-order valence-corrected chi connectivity index (χ0v) is 36.2. The smallest absolute Gasteiger partial charge is 0.331 e. The van der Waals surface area contributed by atoms with E-state index in [0.29, 0.717) is 11.4 Å². The third-order valence-electron chi connectivity index (χ3n) is 10.8. The van der Waals surface area contributed by atoms with Crippen LogP contribution in [0.15, 0.2) is 122 Å². The molecule has 1 aliphatic heterocycles. The Morgan fingerprint density at radius 1 is 0.585 bits per heavy atom. The molecule has 0 bridgehead atoms. The Labute approximate surface area is 375 Å². The molecule has 65 heavy (non-hydrogen) atoms. The normalized spacial score (nSPS) is 19.3. The van der Waals surface area contributed by atoms with Crippen LogP contribution in [0.25, 0.3) is 0 Å². The van der Waals surface area contributed by atoms with Crippen molar-refractivity contribution in [1.82, 2.24) is 30.0 Å². The van der Waals surface area contributed by atoms with Gasteiger partial charge in [0.25, 0.3) is 0 Å². The number of benzene rings is 4. The van der Waals surface area contributed by atoms with Gasteiger partial charge in [0.2, 0.25) is 0 Å². The number of phenols is 2. The quantitative estimate of drug-likeness (QED) is 0.0874. The van der Waals surface area contributed by atoms with E-state index < -0.39 is 54.7 Å². The van der Waals surface area contributed by atoms with Gasteiger partial charge in [0.05, 0.1) is 59.6 Å². The highest BCUT2D eigenvalue weighted by molar-refractivity contribution is 5.74. The van der Waals surface area contributed by atoms with Crippen LogP contribution in [0, 0.1) is 0 Å². The van der Waals surface area contributed by atoms with Crippen LogP contribution < -0.4 is 0 Å². The summed E-state index contributed by atoms with van der Waals surface area (Å²) < 4.78 is 51.7. The number of carbonyl (C=O) groups excluding carboxylic acids is 2. The minimum Gasteiger partial charge on any atom is -0.508 e. The van der Waals surface area contributed by atoms with Gasteiger partial charge in [-0.25, -0.2) is 19.0 Å². The predicted molar refractivity (Wildman–Crippen MR) is 230 cm³/mol. The summed E-state index contributed by atoms with van der Waals surface area (Å²) in [4.78, 5) is 25.9. The number of nitrogens with zero attached hydrogens (tertiary/aromatic N) is 6. The highest BCUT2D eigenvalue weighted by Gasteiger charge is 2.49. The topological polar surface area (TPSA) is 210 Å². The Morgan fingerprint density at radius 2 is 1.05 bits per heavy atom. The minimum absolute atomic E-state index is 0.00885. The molecule has 1 saturated heterocycles. The van der Waals surface area contributed by atoms with Crippen LogP contribution in [-0.2, 0) is 86.8 Å². The van der Waals surface area contributed by atoms with Crippen LogP contribution >= 0.6 is 0 Å². The molecule has 18 nitrogen and oxygen atoms in total. The largest absolute Gasteiger partial charge is 0.508 e. The van der Waals surface area contributed by atoms with Gasteiger partial charge in [0.1, 0.15) is 47.3 Å². The van der Waals surface area contributed by atoms with Crippen LogP contribution in [0.2, 0.25) is 0 Å². The van der Waals surface area contributed by atoms with Crippen LogP contribution in [0.3, 0.4) is 0 Å². The second-order valence-corrected chi connectivity index (χ2v) is 15.3. The Bertz CT molecular complexity index is 2380. The number of methoxy groups -OCH3 is 3. The number of rotatable bonds is 22. The van der Waals surface area contributed by atoms with E-state index in [2.05, 4.69) is 20.6 Å². The van der Waals surface area contributed by atoms with Gasteiger partial charge >= 0.3 is 11.9 Å². The molecule has 4 aromatic carbocycles. The Morgan fingerprint density at radius 3 is 1.52 bits per heavy atom. The van der Waals surface area contributed by atoms with Crippen LogP contribution in [0.5, 0.6) is 11.5 Å². The maximum Gasteiger partial charge on any atom is 0.331 e. The van der Waals surface area contributed by atoms with Crippen molar-refractivity contribution in [3.63, 3.8) is 0 Å². The molecule has 2 aromatic heterocycles. The fourth-order valence-corrected chi connectivity index (χ4v) is 7.38. The van der Waals surface area contributed by atoms with E-state index in [1.54, 1.807) is 60.9 Å². The molecular formula is C47H52N6O12. The average molecular weight is 893 g/mol. The van der Waals surface area contributed by atoms with E-state index in [0.717, 1.165) is 22.3 Å². The van der Waals surface area contributed by atoms with Crippen molar-refractivity contribution in [2.45, 2.75) is 82.1 Å². The molecule has 7 rings (SSSR count). The SMILES string of the molecule is COC(=O)[C@H](Cc1ccc(O)cc1)n1cc(COC[C@H]2O[C@H](OC)[C@H](OCc3ccccc3)[C@@H](OCc3ccccc3)[C@@H]2OCc2cn([C@@H](Cc3ccc(O)cc3)C(=O)OC)nn2)nn1. The fraction of sp³-hybridized carbons (Fsp3) is 0.362. The van der Waals surface area contributed by atoms with Crippen molar-refractivity contribution < 1.29 is 57.7 Å². The van der Waals surface area contributed by atoms with Crippen LogP contribution in [-0.4, -0.2) is 111 Å². The third kappa shape index (κ3) is 12.6. The number of hydrogen-bond donors (Lipinski definition) is 2. The lowest BCUT2D eigenvalue weighted by molar-refractivity contribution is -0.323. The van der Waals surface area contributed by atoms with Gasteiger partial charge in [-0.15, -0.1) is 10.2 Å². The number of phenolic OH excluding ortho intramolecular Hbond substituents is 2. The number of ether oxygens (including phenoxy) is 8. The summed E-state index contributed by atoms with van der Waals surface area (Å²) >= 11 is 0. The van der Waals surface area contributed by atoms with E-state index in [1.807, 2.05) is 60.7 Å². The lowest BCUT2D eigenvalue weighted by atomic mass is 9.98. The summed E-state index contributed by atoms with van der Waals surface area (Å²) in [5, 5.41) is 36.6. The highest BCUT2D eigenvalue weighted by atomic mass is 16.7. The summed E-state index contributed by atoms with van der Waals surface area (Å²) in [6.07, 6.45) is -0.388. The van der Waals surface area contributed by atoms with Crippen LogP contribution in [0.1, 0.15) is 45.7 Å². The van der Waals surface area contributed by atoms with Crippen molar-refractivity contribution in [2.75, 3.05) is 27.9 Å². The minimum atomic E-state index is -0.906. The molecule has 3 heterocycles. The van der Waals surface area contributed by atoms with Crippen molar-refractivity contribution >= 4 is 11.9 Å². The van der Waals surface area contributed by atoms with Crippen molar-refractivity contribution in [1.29, 1.82) is 0 Å². The first-order chi connectivity index (χ1) is 31.7. The molecule has 1 fully saturated rings. The molecule has 342 valence electrons. The molecule has 0 amide bonds. The lowest BCUT2D eigenvalue weighted by Crippen LogP contribution is -2.61. The zero-order valence-electron chi connectivity index (χ0n) is 36.2. The second-order valence-electron chi connectivity index (χ2n) is 15.3. The van der Waals surface area contributed by atoms with Gasteiger partial charge in [0.15, 0.2) is 18.4 Å². The summed E-state index contributed by atoms with van der Waals surface area (Å²) in [6.45, 7) is 0.337. The standard InChI is InChI=1S/C47H52N6O12/c1-58-45(56)39(22-31-14-18-37(54)19-15-31)52-24-35(48-50-52)28-61-30-41-42(64-29-36-25-53(51-49-36)40(46(57)59-2)23-32-16-20-38(55)21-17-32)43(62-26-33-10-6-4-7-11-33)44(47(60-3)65-41)63-27-34-12-8-5-9-13-34/h4-21,24-25,39-44,47,54-55H,22-23,26-30H2,1-3H3/t39-,40-,41+,42+,43-,44+,47-/m0/s1. The Hall–Kier alpha value is -6.54. The predicted octanol–water partition coefficient (Wildman–Crippen LogP) is 4.84. The highest BCUT2D eigenvalue weighted by Crippen LogP contribution is 2.32. The lowest BCUT2D eigenvalue weighted by Gasteiger charge is -2.45. The van der Waals surface area contributed by atoms with Gasteiger partial charge in [-0.2, -0.15) is 0 Å². The number of aromatic hydroxyl groups is 2. The first-order valence-electron chi connectivity index (χ1n) is 20.9. The number of hydrogen-bond acceptors (Lipinski definition) is 16. The molecule has 7 atom stereocenters. The fourth-order valence-electron chi connectivity index (χ4n) is 7.38. The zero-order chi connectivity index (χ0) is 45.5. The van der Waals surface area contributed by atoms with E-state index >= 15 is 0 Å². The molecule has 0 unspecified atom stereocenters. The summed E-state index contributed by atoms with van der Waals surface area (Å²) in [6, 6.07) is 30.8. The number of carbonyl (C=O) groups is 2. The van der Waals surface area contributed by atoms with Gasteiger partial charge in [-0.05, 0) is 46.5 Å². The first kappa shape index (κ1) is 46.5. The summed E-state index contributed by atoms with van der Waals surface area (Å²) in [5.74, 6) is -0.821. The first-order valence-corrected chi connectivity index (χ1v) is 20.9. The maximum absolute atomic E-state index is 13.0. The van der Waals surface area contributed by atoms with E-state index in [1.165, 1.54) is 30.7 Å². The van der Waals surface area contributed by atoms with Crippen molar-refractivity contribution in [2.24, 2.45) is 0 Å². The van der Waals surface area contributed by atoms with E-state index in [-0.39, 0.29) is 57.4 Å². The van der Waals surface area contributed by atoms with Crippen molar-refractivity contribution in [3.05, 3.63) is 155 Å². The molecule has 0 radical (unpaired) electrons. The molecule has 2 N–H and O–H groups in total. The molecule has 0 spiro atoms. The molecule has 6 aromatic rings. The van der Waals surface area contributed by atoms with Gasteiger partial charge < -0.3 is 48.1 Å². The van der Waals surface area contributed by atoms with Crippen LogP contribution in [0.4, 0.5) is 0 Å². The molecule has 1 aliphatic rings. The average Bonchev–Trinajstić information content (AvgIpc) is 4.02. The maximum atomic E-state index is 13.0. The molecule has 0 saturated carbocycles. The van der Waals surface area contributed by atoms with Gasteiger partial charge in [-0.3, -0.25) is 0 Å². The van der Waals surface area contributed by atoms with Crippen molar-refractivity contribution in [3.8, 4) is 11.5 Å². The Kier molecular flexibility index (Phi) is 16.4. The third-order valence-corrected chi connectivity index (χ3v) is 10.8. The van der Waals surface area contributed by atoms with E-state index in [4.69, 9.17) is 37.9 Å². The number of aromatic nitrogens is 6. The summed E-state index contributed by atoms with van der Waals surface area (Å²) in [5.41, 5.74) is 4.26. The molecular weight excluding hydrogens is 841 g/mol. The van der Waals surface area contributed by atoms with E-state index in [9.17, 15) is 19.8 Å². The monoisotopic (exact) mass is 892 g/mol. The van der Waals surface area contributed by atoms with Gasteiger partial charge in [-0.1, -0.05) is 95.4 Å². The molecule has 18 heteroatoms. The molecule has 0 aliphatic carbocycles. The number of esters is 2. The second kappa shape index (κ2) is 22.9. The Balaban J connectivity index is 1.12. The van der Waals surface area contributed by atoms with Gasteiger partial charge in [0, 0.05) is 20.0 Å².